The number of rotatable bonds is 13. The standard InChI is InChI=1S/C23H39NO3/c1-18(2)7-4-5-14-27-21-11-10-19(15-22(21)26-3)12-13-23(24,17-25)16-20-8-6-9-20/h10-11,15,18,20,25H,4-9,12-14,16-17,24H2,1-3H3. The highest BCUT2D eigenvalue weighted by Crippen LogP contribution is 2.35. The lowest BCUT2D eigenvalue weighted by Gasteiger charge is -2.35. The van der Waals surface area contributed by atoms with E-state index < -0.39 is 5.54 Å². The van der Waals surface area contributed by atoms with Gasteiger partial charge in [-0.1, -0.05) is 45.6 Å². The molecule has 1 aliphatic carbocycles. The summed E-state index contributed by atoms with van der Waals surface area (Å²) in [5.41, 5.74) is 7.17. The maximum absolute atomic E-state index is 9.78. The van der Waals surface area contributed by atoms with Crippen LogP contribution in [0.2, 0.25) is 0 Å². The van der Waals surface area contributed by atoms with Gasteiger partial charge in [-0.05, 0) is 61.6 Å². The number of benzene rings is 1. The molecule has 0 spiro atoms. The van der Waals surface area contributed by atoms with Crippen molar-refractivity contribution in [1.82, 2.24) is 0 Å². The van der Waals surface area contributed by atoms with Crippen LogP contribution >= 0.6 is 0 Å². The van der Waals surface area contributed by atoms with E-state index in [0.29, 0.717) is 5.92 Å². The van der Waals surface area contributed by atoms with Crippen LogP contribution in [-0.4, -0.2) is 31.0 Å². The summed E-state index contributed by atoms with van der Waals surface area (Å²) in [6.45, 7) is 5.28. The topological polar surface area (TPSA) is 64.7 Å². The quantitative estimate of drug-likeness (QED) is 0.489. The smallest absolute Gasteiger partial charge is 0.161 e. The van der Waals surface area contributed by atoms with E-state index in [1.165, 1.54) is 37.7 Å². The van der Waals surface area contributed by atoms with Crippen molar-refractivity contribution >= 4 is 0 Å². The van der Waals surface area contributed by atoms with E-state index >= 15 is 0 Å². The molecule has 0 saturated heterocycles. The number of methoxy groups -OCH3 is 1. The highest BCUT2D eigenvalue weighted by Gasteiger charge is 2.30. The van der Waals surface area contributed by atoms with Gasteiger partial charge in [0.1, 0.15) is 0 Å². The molecule has 1 atom stereocenters. The van der Waals surface area contributed by atoms with E-state index in [0.717, 1.165) is 49.7 Å². The van der Waals surface area contributed by atoms with Crippen molar-refractivity contribution in [3.63, 3.8) is 0 Å². The Morgan fingerprint density at radius 2 is 2.00 bits per heavy atom. The van der Waals surface area contributed by atoms with Gasteiger partial charge in [0.15, 0.2) is 11.5 Å². The van der Waals surface area contributed by atoms with Gasteiger partial charge in [-0.25, -0.2) is 0 Å². The van der Waals surface area contributed by atoms with E-state index in [2.05, 4.69) is 19.9 Å². The normalized spacial score (nSPS) is 16.8. The second-order valence-electron chi connectivity index (χ2n) is 8.74. The average molecular weight is 378 g/mol. The molecular weight excluding hydrogens is 338 g/mol. The maximum atomic E-state index is 9.78. The number of aliphatic hydroxyl groups excluding tert-OH is 1. The molecule has 4 nitrogen and oxygen atoms in total. The molecular formula is C23H39NO3. The number of ether oxygens (including phenoxy) is 2. The first-order valence-electron chi connectivity index (χ1n) is 10.7. The molecule has 1 unspecified atom stereocenters. The predicted molar refractivity (Wildman–Crippen MR) is 111 cm³/mol. The van der Waals surface area contributed by atoms with Crippen LogP contribution in [0.15, 0.2) is 18.2 Å². The van der Waals surface area contributed by atoms with Crippen LogP contribution in [0.25, 0.3) is 0 Å². The third-order valence-electron chi connectivity index (χ3n) is 5.81. The Kier molecular flexibility index (Phi) is 8.91. The van der Waals surface area contributed by atoms with Crippen molar-refractivity contribution in [3.8, 4) is 11.5 Å². The first kappa shape index (κ1) is 22.0. The number of aryl methyl sites for hydroxylation is 1. The van der Waals surface area contributed by atoms with Crippen molar-refractivity contribution in [2.45, 2.75) is 77.2 Å². The summed E-state index contributed by atoms with van der Waals surface area (Å²) >= 11 is 0. The fourth-order valence-corrected chi connectivity index (χ4v) is 3.73. The first-order valence-corrected chi connectivity index (χ1v) is 10.7. The van der Waals surface area contributed by atoms with Crippen LogP contribution < -0.4 is 15.2 Å². The lowest BCUT2D eigenvalue weighted by atomic mass is 9.75. The molecule has 27 heavy (non-hydrogen) atoms. The van der Waals surface area contributed by atoms with Crippen LogP contribution in [0.3, 0.4) is 0 Å². The zero-order valence-electron chi connectivity index (χ0n) is 17.5. The van der Waals surface area contributed by atoms with E-state index in [1.54, 1.807) is 7.11 Å². The lowest BCUT2D eigenvalue weighted by Crippen LogP contribution is -2.46. The fraction of sp³-hybridized carbons (Fsp3) is 0.739. The van der Waals surface area contributed by atoms with Gasteiger partial charge in [0.05, 0.1) is 20.3 Å². The molecule has 4 heteroatoms. The number of hydrogen-bond donors (Lipinski definition) is 2. The van der Waals surface area contributed by atoms with Crippen LogP contribution in [-0.2, 0) is 6.42 Å². The molecule has 0 bridgehead atoms. The zero-order chi connectivity index (χ0) is 19.7. The zero-order valence-corrected chi connectivity index (χ0v) is 17.5. The second kappa shape index (κ2) is 10.9. The molecule has 1 aromatic carbocycles. The van der Waals surface area contributed by atoms with Gasteiger partial charge >= 0.3 is 0 Å². The van der Waals surface area contributed by atoms with Crippen molar-refractivity contribution in [3.05, 3.63) is 23.8 Å². The van der Waals surface area contributed by atoms with Crippen LogP contribution in [0.4, 0.5) is 0 Å². The molecule has 0 aliphatic heterocycles. The van der Waals surface area contributed by atoms with E-state index in [9.17, 15) is 5.11 Å². The van der Waals surface area contributed by atoms with Gasteiger partial charge in [-0.15, -0.1) is 0 Å². The largest absolute Gasteiger partial charge is 0.493 e. The van der Waals surface area contributed by atoms with Gasteiger partial charge in [-0.3, -0.25) is 0 Å². The first-order chi connectivity index (χ1) is 13.0. The summed E-state index contributed by atoms with van der Waals surface area (Å²) in [4.78, 5) is 0. The SMILES string of the molecule is COc1cc(CCC(N)(CO)CC2CCC2)ccc1OCCCCC(C)C. The molecule has 0 heterocycles. The molecule has 2 rings (SSSR count). The molecule has 154 valence electrons. The Morgan fingerprint density at radius 1 is 1.22 bits per heavy atom. The summed E-state index contributed by atoms with van der Waals surface area (Å²) < 4.78 is 11.4. The third kappa shape index (κ3) is 7.34. The Bertz CT molecular complexity index is 557. The van der Waals surface area contributed by atoms with Gasteiger partial charge < -0.3 is 20.3 Å². The van der Waals surface area contributed by atoms with Crippen LogP contribution in [0.1, 0.15) is 70.8 Å². The van der Waals surface area contributed by atoms with Crippen molar-refractivity contribution in [2.24, 2.45) is 17.6 Å². The summed E-state index contributed by atoms with van der Waals surface area (Å²) in [6.07, 6.45) is 9.89. The summed E-state index contributed by atoms with van der Waals surface area (Å²) in [5, 5.41) is 9.78. The molecule has 1 aromatic rings. The minimum Gasteiger partial charge on any atom is -0.493 e. The number of nitrogens with two attached hydrogens (primary N) is 1. The molecule has 0 amide bonds. The minimum absolute atomic E-state index is 0.0538. The minimum atomic E-state index is -0.468. The highest BCUT2D eigenvalue weighted by atomic mass is 16.5. The lowest BCUT2D eigenvalue weighted by molar-refractivity contribution is 0.135. The maximum Gasteiger partial charge on any atom is 0.161 e. The average Bonchev–Trinajstić information content (AvgIpc) is 2.63. The van der Waals surface area contributed by atoms with Crippen molar-refractivity contribution < 1.29 is 14.6 Å². The summed E-state index contributed by atoms with van der Waals surface area (Å²) in [7, 11) is 1.68. The molecule has 1 saturated carbocycles. The number of unbranched alkanes of at least 4 members (excludes halogenated alkanes) is 1. The Morgan fingerprint density at radius 3 is 2.59 bits per heavy atom. The van der Waals surface area contributed by atoms with Gasteiger partial charge in [0.25, 0.3) is 0 Å². The van der Waals surface area contributed by atoms with E-state index in [1.807, 2.05) is 12.1 Å². The Hall–Kier alpha value is -1.26. The molecule has 0 radical (unpaired) electrons. The molecule has 3 N–H and O–H groups in total. The van der Waals surface area contributed by atoms with Crippen molar-refractivity contribution in [2.75, 3.05) is 20.3 Å². The number of hydrogen-bond acceptors (Lipinski definition) is 4. The van der Waals surface area contributed by atoms with Gasteiger partial charge in [0.2, 0.25) is 0 Å². The monoisotopic (exact) mass is 377 g/mol. The molecule has 1 fully saturated rings. The van der Waals surface area contributed by atoms with Gasteiger partial charge in [-0.2, -0.15) is 0 Å². The summed E-state index contributed by atoms with van der Waals surface area (Å²) in [6, 6.07) is 6.14. The molecule has 0 aromatic heterocycles. The van der Waals surface area contributed by atoms with E-state index in [4.69, 9.17) is 15.2 Å². The van der Waals surface area contributed by atoms with Gasteiger partial charge in [0, 0.05) is 5.54 Å². The highest BCUT2D eigenvalue weighted by molar-refractivity contribution is 5.43. The van der Waals surface area contributed by atoms with Crippen LogP contribution in [0.5, 0.6) is 11.5 Å². The number of aliphatic hydroxyl groups is 1. The predicted octanol–water partition coefficient (Wildman–Crippen LogP) is 4.71. The fourth-order valence-electron chi connectivity index (χ4n) is 3.73. The second-order valence-corrected chi connectivity index (χ2v) is 8.74. The Labute approximate surface area is 165 Å². The third-order valence-corrected chi connectivity index (χ3v) is 5.81. The van der Waals surface area contributed by atoms with Crippen LogP contribution in [0, 0.1) is 11.8 Å². The Balaban J connectivity index is 1.84. The van der Waals surface area contributed by atoms with E-state index in [-0.39, 0.29) is 6.61 Å². The molecule has 1 aliphatic rings. The summed E-state index contributed by atoms with van der Waals surface area (Å²) in [5.74, 6) is 3.03. The van der Waals surface area contributed by atoms with Crippen molar-refractivity contribution in [1.29, 1.82) is 0 Å².